The van der Waals surface area contributed by atoms with E-state index in [2.05, 4.69) is 10.6 Å². The van der Waals surface area contributed by atoms with Crippen LogP contribution in [0.15, 0.2) is 60.7 Å². The molecule has 5 heteroatoms. The Morgan fingerprint density at radius 3 is 2.64 bits per heavy atom. The van der Waals surface area contributed by atoms with Crippen molar-refractivity contribution in [2.75, 3.05) is 18.5 Å². The molecule has 3 aromatic rings. The first kappa shape index (κ1) is 15.3. The molecule has 0 atom stereocenters. The fourth-order valence-corrected chi connectivity index (χ4v) is 2.88. The number of carbonyl (C=O) groups excluding carboxylic acids is 1. The summed E-state index contributed by atoms with van der Waals surface area (Å²) in [5.74, 6) is 1.47. The van der Waals surface area contributed by atoms with E-state index in [9.17, 15) is 4.79 Å². The van der Waals surface area contributed by atoms with Gasteiger partial charge < -0.3 is 20.1 Å². The summed E-state index contributed by atoms with van der Waals surface area (Å²) in [7, 11) is 0. The number of hydrogen-bond donors (Lipinski definition) is 2. The summed E-state index contributed by atoms with van der Waals surface area (Å²) in [6.07, 6.45) is 0. The van der Waals surface area contributed by atoms with Crippen molar-refractivity contribution in [3.63, 3.8) is 0 Å². The van der Waals surface area contributed by atoms with Gasteiger partial charge in [-0.2, -0.15) is 0 Å². The monoisotopic (exact) mass is 334 g/mol. The van der Waals surface area contributed by atoms with Crippen LogP contribution in [0.1, 0.15) is 5.56 Å². The van der Waals surface area contributed by atoms with Crippen LogP contribution in [0.25, 0.3) is 10.8 Å². The summed E-state index contributed by atoms with van der Waals surface area (Å²) in [5.41, 5.74) is 1.75. The number of hydrogen-bond acceptors (Lipinski definition) is 3. The molecule has 1 aliphatic heterocycles. The van der Waals surface area contributed by atoms with E-state index in [0.29, 0.717) is 19.8 Å². The van der Waals surface area contributed by atoms with Crippen molar-refractivity contribution < 1.29 is 14.3 Å². The standard InChI is InChI=1S/C20H18N2O3/c23-20(22-17-7-3-5-15-4-1-2-6-16(15)17)21-13-14-8-9-18-19(12-14)25-11-10-24-18/h1-9,12H,10-11,13H2,(H2,21,22,23). The van der Waals surface area contributed by atoms with Crippen molar-refractivity contribution in [3.8, 4) is 11.5 Å². The van der Waals surface area contributed by atoms with E-state index in [0.717, 1.165) is 33.5 Å². The smallest absolute Gasteiger partial charge is 0.319 e. The summed E-state index contributed by atoms with van der Waals surface area (Å²) in [5, 5.41) is 7.89. The number of urea groups is 1. The Hall–Kier alpha value is -3.21. The average molecular weight is 334 g/mol. The van der Waals surface area contributed by atoms with Gasteiger partial charge in [-0.15, -0.1) is 0 Å². The molecule has 0 spiro atoms. The van der Waals surface area contributed by atoms with E-state index >= 15 is 0 Å². The molecule has 25 heavy (non-hydrogen) atoms. The molecule has 0 fully saturated rings. The summed E-state index contributed by atoms with van der Waals surface area (Å²) in [4.78, 5) is 12.2. The number of nitrogens with one attached hydrogen (secondary N) is 2. The third kappa shape index (κ3) is 3.35. The van der Waals surface area contributed by atoms with Crippen LogP contribution in [0.4, 0.5) is 10.5 Å². The fraction of sp³-hybridized carbons (Fsp3) is 0.150. The van der Waals surface area contributed by atoms with Crippen molar-refractivity contribution in [1.82, 2.24) is 5.32 Å². The van der Waals surface area contributed by atoms with Gasteiger partial charge in [-0.1, -0.05) is 42.5 Å². The van der Waals surface area contributed by atoms with Crippen LogP contribution >= 0.6 is 0 Å². The second kappa shape index (κ2) is 6.73. The number of benzene rings is 3. The number of ether oxygens (including phenoxy) is 2. The van der Waals surface area contributed by atoms with E-state index in [1.807, 2.05) is 60.7 Å². The minimum atomic E-state index is -0.244. The zero-order valence-corrected chi connectivity index (χ0v) is 13.6. The number of fused-ring (bicyclic) bond motifs is 2. The summed E-state index contributed by atoms with van der Waals surface area (Å²) >= 11 is 0. The van der Waals surface area contributed by atoms with Crippen LogP contribution in [0.2, 0.25) is 0 Å². The van der Waals surface area contributed by atoms with Crippen molar-refractivity contribution in [3.05, 3.63) is 66.2 Å². The number of amides is 2. The first-order chi connectivity index (χ1) is 12.3. The molecule has 0 saturated heterocycles. The lowest BCUT2D eigenvalue weighted by Crippen LogP contribution is -2.28. The van der Waals surface area contributed by atoms with Gasteiger partial charge in [0.25, 0.3) is 0 Å². The van der Waals surface area contributed by atoms with Crippen LogP contribution in [0.5, 0.6) is 11.5 Å². The third-order valence-corrected chi connectivity index (χ3v) is 4.10. The Morgan fingerprint density at radius 1 is 0.920 bits per heavy atom. The van der Waals surface area contributed by atoms with Gasteiger partial charge in [-0.25, -0.2) is 4.79 Å². The van der Waals surface area contributed by atoms with Crippen LogP contribution in [0, 0.1) is 0 Å². The molecule has 0 bridgehead atoms. The molecule has 2 amide bonds. The van der Waals surface area contributed by atoms with Crippen LogP contribution in [0.3, 0.4) is 0 Å². The third-order valence-electron chi connectivity index (χ3n) is 4.10. The number of carbonyl (C=O) groups is 1. The average Bonchev–Trinajstić information content (AvgIpc) is 2.66. The molecular weight excluding hydrogens is 316 g/mol. The first-order valence-electron chi connectivity index (χ1n) is 8.21. The normalized spacial score (nSPS) is 12.6. The minimum absolute atomic E-state index is 0.244. The van der Waals surface area contributed by atoms with Crippen molar-refractivity contribution in [1.29, 1.82) is 0 Å². The van der Waals surface area contributed by atoms with Gasteiger partial charge in [0.05, 0.1) is 5.69 Å². The second-order valence-electron chi connectivity index (χ2n) is 5.81. The van der Waals surface area contributed by atoms with Gasteiger partial charge in [-0.05, 0) is 29.1 Å². The predicted octanol–water partition coefficient (Wildman–Crippen LogP) is 3.93. The van der Waals surface area contributed by atoms with Gasteiger partial charge in [0, 0.05) is 11.9 Å². The molecule has 0 aliphatic carbocycles. The van der Waals surface area contributed by atoms with E-state index in [1.54, 1.807) is 0 Å². The van der Waals surface area contributed by atoms with Gasteiger partial charge in [0.2, 0.25) is 0 Å². The molecule has 5 nitrogen and oxygen atoms in total. The maximum Gasteiger partial charge on any atom is 0.319 e. The summed E-state index contributed by atoms with van der Waals surface area (Å²) < 4.78 is 11.1. The minimum Gasteiger partial charge on any atom is -0.486 e. The molecule has 3 aromatic carbocycles. The zero-order chi connectivity index (χ0) is 17.1. The highest BCUT2D eigenvalue weighted by Gasteiger charge is 2.12. The quantitative estimate of drug-likeness (QED) is 0.763. The van der Waals surface area contributed by atoms with Crippen LogP contribution < -0.4 is 20.1 Å². The van der Waals surface area contributed by atoms with Crippen molar-refractivity contribution >= 4 is 22.5 Å². The van der Waals surface area contributed by atoms with Crippen molar-refractivity contribution in [2.45, 2.75) is 6.54 Å². The molecule has 1 heterocycles. The van der Waals surface area contributed by atoms with Crippen LogP contribution in [-0.4, -0.2) is 19.2 Å². The van der Waals surface area contributed by atoms with E-state index in [4.69, 9.17) is 9.47 Å². The molecule has 0 aromatic heterocycles. The summed E-state index contributed by atoms with van der Waals surface area (Å²) in [6, 6.07) is 19.2. The molecule has 0 saturated carbocycles. The Bertz CT molecular complexity index is 918. The Morgan fingerprint density at radius 2 is 1.72 bits per heavy atom. The van der Waals surface area contributed by atoms with E-state index < -0.39 is 0 Å². The zero-order valence-electron chi connectivity index (χ0n) is 13.6. The van der Waals surface area contributed by atoms with Gasteiger partial charge in [0.1, 0.15) is 13.2 Å². The molecule has 0 unspecified atom stereocenters. The molecule has 0 radical (unpaired) electrons. The van der Waals surface area contributed by atoms with Crippen molar-refractivity contribution in [2.24, 2.45) is 0 Å². The van der Waals surface area contributed by atoms with E-state index in [-0.39, 0.29) is 6.03 Å². The lowest BCUT2D eigenvalue weighted by atomic mass is 10.1. The maximum atomic E-state index is 12.2. The Labute approximate surface area is 145 Å². The maximum absolute atomic E-state index is 12.2. The van der Waals surface area contributed by atoms with Gasteiger partial charge >= 0.3 is 6.03 Å². The predicted molar refractivity (Wildman–Crippen MR) is 97.2 cm³/mol. The Balaban J connectivity index is 1.42. The highest BCUT2D eigenvalue weighted by atomic mass is 16.6. The second-order valence-corrected chi connectivity index (χ2v) is 5.81. The Kier molecular flexibility index (Phi) is 4.12. The SMILES string of the molecule is O=C(NCc1ccc2c(c1)OCCO2)Nc1cccc2ccccc12. The molecular formula is C20H18N2O3. The topological polar surface area (TPSA) is 59.6 Å². The number of rotatable bonds is 3. The van der Waals surface area contributed by atoms with E-state index in [1.165, 1.54) is 0 Å². The van der Waals surface area contributed by atoms with Gasteiger partial charge in [-0.3, -0.25) is 0 Å². The molecule has 126 valence electrons. The molecule has 2 N–H and O–H groups in total. The molecule has 1 aliphatic rings. The lowest BCUT2D eigenvalue weighted by Gasteiger charge is -2.19. The first-order valence-corrected chi connectivity index (χ1v) is 8.21. The fourth-order valence-electron chi connectivity index (χ4n) is 2.88. The highest BCUT2D eigenvalue weighted by Crippen LogP contribution is 2.30. The number of anilines is 1. The van der Waals surface area contributed by atoms with Gasteiger partial charge in [0.15, 0.2) is 11.5 Å². The largest absolute Gasteiger partial charge is 0.486 e. The lowest BCUT2D eigenvalue weighted by molar-refractivity contribution is 0.171. The summed E-state index contributed by atoms with van der Waals surface area (Å²) in [6.45, 7) is 1.52. The molecule has 4 rings (SSSR count). The van der Waals surface area contributed by atoms with Crippen LogP contribution in [-0.2, 0) is 6.54 Å². The highest BCUT2D eigenvalue weighted by molar-refractivity contribution is 6.01.